The van der Waals surface area contributed by atoms with Crippen molar-refractivity contribution in [1.82, 2.24) is 0 Å². The second-order valence-electron chi connectivity index (χ2n) is 17.6. The van der Waals surface area contributed by atoms with E-state index in [0.29, 0.717) is 30.1 Å². The van der Waals surface area contributed by atoms with Crippen molar-refractivity contribution in [3.05, 3.63) is 11.6 Å². The summed E-state index contributed by atoms with van der Waals surface area (Å²) < 4.78 is 10.8. The van der Waals surface area contributed by atoms with E-state index in [0.717, 1.165) is 57.8 Å². The highest BCUT2D eigenvalue weighted by Crippen LogP contribution is 2.76. The van der Waals surface area contributed by atoms with Gasteiger partial charge in [0.15, 0.2) is 0 Å². The Morgan fingerprint density at radius 3 is 2.31 bits per heavy atom. The van der Waals surface area contributed by atoms with Crippen molar-refractivity contribution in [3.63, 3.8) is 0 Å². The van der Waals surface area contributed by atoms with Gasteiger partial charge in [0.2, 0.25) is 6.29 Å². The second-order valence-corrected chi connectivity index (χ2v) is 17.6. The molecule has 0 aromatic heterocycles. The number of fused-ring (bicyclic) bond motifs is 7. The first-order valence-electron chi connectivity index (χ1n) is 17.7. The number of aliphatic carboxylic acids is 1. The Labute approximate surface area is 269 Å². The van der Waals surface area contributed by atoms with E-state index in [-0.39, 0.29) is 40.0 Å². The normalized spacial score (nSPS) is 53.9. The summed E-state index contributed by atoms with van der Waals surface area (Å²) in [5, 5.41) is 42.3. The van der Waals surface area contributed by atoms with Crippen LogP contribution in [0.2, 0.25) is 0 Å². The van der Waals surface area contributed by atoms with E-state index >= 15 is 0 Å². The first-order valence-corrected chi connectivity index (χ1v) is 17.7. The number of hydrogen-bond donors (Lipinski definition) is 4. The highest BCUT2D eigenvalue weighted by Gasteiger charge is 2.69. The second kappa shape index (κ2) is 11.0. The van der Waals surface area contributed by atoms with Crippen molar-refractivity contribution in [2.75, 3.05) is 0 Å². The SMILES string of the molecule is C[C@@H]1CC[C@]2(C(=O)O)CC[C@]3(C)C(=CCC4[C@@]5(C)CC[C@H](C[C@@H]6OC(OC=O)[C@@H](O)C(O)[C@@H]6O)C(C)(C)C5CC[C@]43C)C2[C@H]1C. The van der Waals surface area contributed by atoms with Gasteiger partial charge in [-0.05, 0) is 121 Å². The quantitative estimate of drug-likeness (QED) is 0.224. The lowest BCUT2D eigenvalue weighted by atomic mass is 9.33. The van der Waals surface area contributed by atoms with Gasteiger partial charge in [0.25, 0.3) is 6.47 Å². The Bertz CT molecular complexity index is 1210. The zero-order chi connectivity index (χ0) is 32.9. The molecular weight excluding hydrogens is 572 g/mol. The van der Waals surface area contributed by atoms with Crippen molar-refractivity contribution in [3.8, 4) is 0 Å². The lowest BCUT2D eigenvalue weighted by molar-refractivity contribution is -0.290. The molecule has 0 amide bonds. The van der Waals surface area contributed by atoms with Crippen molar-refractivity contribution < 1.29 is 39.5 Å². The van der Waals surface area contributed by atoms with Gasteiger partial charge in [0.1, 0.15) is 18.3 Å². The number of ether oxygens (including phenoxy) is 2. The Morgan fingerprint density at radius 2 is 1.64 bits per heavy atom. The molecule has 4 saturated carbocycles. The third-order valence-corrected chi connectivity index (χ3v) is 16.0. The van der Waals surface area contributed by atoms with Crippen LogP contribution in [-0.4, -0.2) is 63.6 Å². The maximum absolute atomic E-state index is 13.0. The number of carboxylic acid groups (broad SMARTS) is 1. The van der Waals surface area contributed by atoms with Gasteiger partial charge in [-0.2, -0.15) is 0 Å². The first kappa shape index (κ1) is 33.4. The van der Waals surface area contributed by atoms with Crippen LogP contribution in [0.15, 0.2) is 11.6 Å². The highest BCUT2D eigenvalue weighted by molar-refractivity contribution is 5.76. The summed E-state index contributed by atoms with van der Waals surface area (Å²) in [6, 6.07) is 0. The molecule has 0 spiro atoms. The average Bonchev–Trinajstić information content (AvgIpc) is 2.97. The molecule has 6 rings (SSSR count). The number of carboxylic acids is 1. The van der Waals surface area contributed by atoms with E-state index in [1.54, 1.807) is 0 Å². The van der Waals surface area contributed by atoms with Crippen LogP contribution in [0.4, 0.5) is 0 Å². The number of allylic oxidation sites excluding steroid dienone is 2. The lowest BCUT2D eigenvalue weighted by Crippen LogP contribution is -2.65. The Kier molecular flexibility index (Phi) is 8.19. The summed E-state index contributed by atoms with van der Waals surface area (Å²) in [7, 11) is 0. The van der Waals surface area contributed by atoms with Crippen LogP contribution in [0.3, 0.4) is 0 Å². The van der Waals surface area contributed by atoms with Crippen LogP contribution < -0.4 is 0 Å². The number of carbonyl (C=O) groups excluding carboxylic acids is 1. The summed E-state index contributed by atoms with van der Waals surface area (Å²) in [6.45, 7) is 17.1. The van der Waals surface area contributed by atoms with E-state index in [4.69, 9.17) is 9.47 Å². The fourth-order valence-corrected chi connectivity index (χ4v) is 12.9. The minimum Gasteiger partial charge on any atom is -0.481 e. The molecule has 1 aliphatic heterocycles. The monoisotopic (exact) mass is 630 g/mol. The third kappa shape index (κ3) is 4.50. The highest BCUT2D eigenvalue weighted by atomic mass is 16.7. The minimum atomic E-state index is -1.49. The van der Waals surface area contributed by atoms with Crippen molar-refractivity contribution in [2.24, 2.45) is 62.6 Å². The molecule has 0 aromatic carbocycles. The summed E-state index contributed by atoms with van der Waals surface area (Å²) in [6.07, 6.45) is 5.53. The summed E-state index contributed by atoms with van der Waals surface area (Å²) in [4.78, 5) is 24.0. The van der Waals surface area contributed by atoms with Crippen LogP contribution in [0.25, 0.3) is 0 Å². The molecule has 45 heavy (non-hydrogen) atoms. The molecule has 1 saturated heterocycles. The van der Waals surface area contributed by atoms with Gasteiger partial charge in [0, 0.05) is 0 Å². The topological polar surface area (TPSA) is 134 Å². The molecule has 8 nitrogen and oxygen atoms in total. The Morgan fingerprint density at radius 1 is 0.933 bits per heavy atom. The van der Waals surface area contributed by atoms with Gasteiger partial charge >= 0.3 is 5.97 Å². The molecule has 1 heterocycles. The largest absolute Gasteiger partial charge is 0.481 e. The molecule has 5 aliphatic carbocycles. The number of aliphatic hydroxyl groups is 3. The van der Waals surface area contributed by atoms with Crippen LogP contribution in [-0.2, 0) is 19.1 Å². The molecule has 4 N–H and O–H groups in total. The van der Waals surface area contributed by atoms with Crippen molar-refractivity contribution in [2.45, 2.75) is 143 Å². The van der Waals surface area contributed by atoms with Gasteiger partial charge in [-0.1, -0.05) is 60.1 Å². The van der Waals surface area contributed by atoms with Crippen LogP contribution in [0.1, 0.15) is 113 Å². The summed E-state index contributed by atoms with van der Waals surface area (Å²) in [5.74, 6) is 1.57. The summed E-state index contributed by atoms with van der Waals surface area (Å²) in [5.41, 5.74) is 0.925. The van der Waals surface area contributed by atoms with Crippen LogP contribution >= 0.6 is 0 Å². The zero-order valence-electron chi connectivity index (χ0n) is 28.5. The number of rotatable bonds is 5. The molecule has 6 aliphatic rings. The van der Waals surface area contributed by atoms with Gasteiger partial charge in [-0.25, -0.2) is 0 Å². The Balaban J connectivity index is 1.29. The maximum atomic E-state index is 13.0. The third-order valence-electron chi connectivity index (χ3n) is 16.0. The predicted molar refractivity (Wildman–Crippen MR) is 169 cm³/mol. The molecular formula is C37H58O8. The average molecular weight is 631 g/mol. The van der Waals surface area contributed by atoms with E-state index in [1.165, 1.54) is 5.57 Å². The fraction of sp³-hybridized carbons (Fsp3) is 0.892. The minimum absolute atomic E-state index is 0.0234. The van der Waals surface area contributed by atoms with Crippen molar-refractivity contribution >= 4 is 12.4 Å². The smallest absolute Gasteiger partial charge is 0.310 e. The van der Waals surface area contributed by atoms with Gasteiger partial charge in [0.05, 0.1) is 11.5 Å². The number of hydrogen-bond acceptors (Lipinski definition) is 7. The molecule has 15 atom stereocenters. The molecule has 8 heteroatoms. The van der Waals surface area contributed by atoms with Crippen LogP contribution in [0.5, 0.6) is 0 Å². The van der Waals surface area contributed by atoms with Gasteiger partial charge in [-0.15, -0.1) is 0 Å². The number of carbonyl (C=O) groups is 2. The van der Waals surface area contributed by atoms with Gasteiger partial charge in [-0.3, -0.25) is 9.59 Å². The van der Waals surface area contributed by atoms with E-state index in [1.807, 2.05) is 0 Å². The fourth-order valence-electron chi connectivity index (χ4n) is 12.9. The van der Waals surface area contributed by atoms with Crippen LogP contribution in [0, 0.1) is 62.6 Å². The lowest BCUT2D eigenvalue weighted by Gasteiger charge is -2.71. The predicted octanol–water partition coefficient (Wildman–Crippen LogP) is 5.72. The van der Waals surface area contributed by atoms with E-state index < -0.39 is 42.1 Å². The van der Waals surface area contributed by atoms with Gasteiger partial charge < -0.3 is 29.9 Å². The first-order chi connectivity index (χ1) is 21.0. The summed E-state index contributed by atoms with van der Waals surface area (Å²) >= 11 is 0. The van der Waals surface area contributed by atoms with E-state index in [2.05, 4.69) is 54.5 Å². The number of aliphatic hydroxyl groups excluding tert-OH is 3. The Hall–Kier alpha value is -1.48. The molecule has 0 bridgehead atoms. The zero-order valence-corrected chi connectivity index (χ0v) is 28.5. The molecule has 0 aromatic rings. The van der Waals surface area contributed by atoms with E-state index in [9.17, 15) is 30.0 Å². The van der Waals surface area contributed by atoms with Crippen molar-refractivity contribution in [1.29, 1.82) is 0 Å². The molecule has 5 unspecified atom stereocenters. The standard InChI is InChI=1S/C37H58O8/c1-20-10-15-37(32(42)43)17-16-35(6)23(27(37)21(20)2)8-9-26-34(5)13-11-22(33(3,4)25(34)12-14-36(26,35)7)18-24-28(39)29(40)30(41)31(45-24)44-19-38/h8,19-22,24-31,39-41H,9-18H2,1-7H3,(H,42,43)/t20-,21+,22-,24+,25?,26?,27?,28-,29?,30+,31?,34+,35-,36-,37+/m1/s1. The maximum Gasteiger partial charge on any atom is 0.310 e. The molecule has 254 valence electrons. The molecule has 5 fully saturated rings. The molecule has 0 radical (unpaired) electrons.